The van der Waals surface area contributed by atoms with Crippen LogP contribution in [-0.2, 0) is 6.54 Å². The van der Waals surface area contributed by atoms with Gasteiger partial charge in [0.1, 0.15) is 5.65 Å². The summed E-state index contributed by atoms with van der Waals surface area (Å²) >= 11 is 6.05. The standard InChI is InChI=1S/C18H26ClN5/c1-18(4-5-20-13-18)14-23-8-6-22(7-9-23)11-16-12-24-10-15(19)2-3-17(24)21-16/h2-3,10,12,20H,4-9,11,13-14H2,1H3. The van der Waals surface area contributed by atoms with Crippen molar-refractivity contribution in [2.24, 2.45) is 5.41 Å². The number of aromatic nitrogens is 2. The highest BCUT2D eigenvalue weighted by molar-refractivity contribution is 6.30. The van der Waals surface area contributed by atoms with Crippen LogP contribution in [0.25, 0.3) is 5.65 Å². The summed E-state index contributed by atoms with van der Waals surface area (Å²) in [5.74, 6) is 0. The molecular formula is C18H26ClN5. The normalized spacial score (nSPS) is 26.4. The number of imidazole rings is 1. The molecule has 0 amide bonds. The number of rotatable bonds is 4. The molecule has 2 aliphatic heterocycles. The highest BCUT2D eigenvalue weighted by Gasteiger charge is 2.31. The van der Waals surface area contributed by atoms with Crippen LogP contribution in [0.15, 0.2) is 24.5 Å². The lowest BCUT2D eigenvalue weighted by Crippen LogP contribution is -2.49. The van der Waals surface area contributed by atoms with Crippen molar-refractivity contribution in [3.05, 3.63) is 35.2 Å². The molecule has 2 saturated heterocycles. The van der Waals surface area contributed by atoms with Crippen LogP contribution in [0, 0.1) is 5.41 Å². The van der Waals surface area contributed by atoms with Gasteiger partial charge in [0.25, 0.3) is 0 Å². The average molecular weight is 348 g/mol. The Bertz CT molecular complexity index is 698. The fraction of sp³-hybridized carbons (Fsp3) is 0.611. The van der Waals surface area contributed by atoms with E-state index in [4.69, 9.17) is 16.6 Å². The SMILES string of the molecule is CC1(CN2CCN(Cc3cn4cc(Cl)ccc4n3)CC2)CCNC1. The predicted molar refractivity (Wildman–Crippen MR) is 97.5 cm³/mol. The smallest absolute Gasteiger partial charge is 0.137 e. The Morgan fingerprint density at radius 1 is 1.17 bits per heavy atom. The molecule has 1 N–H and O–H groups in total. The zero-order valence-electron chi connectivity index (χ0n) is 14.3. The Labute approximate surface area is 148 Å². The molecule has 0 spiro atoms. The summed E-state index contributed by atoms with van der Waals surface area (Å²) in [5, 5.41) is 4.25. The molecule has 2 aliphatic rings. The molecule has 2 aromatic heterocycles. The van der Waals surface area contributed by atoms with Crippen molar-refractivity contribution >= 4 is 17.2 Å². The molecule has 0 bridgehead atoms. The minimum Gasteiger partial charge on any atom is -0.316 e. The highest BCUT2D eigenvalue weighted by Crippen LogP contribution is 2.26. The van der Waals surface area contributed by atoms with E-state index in [1.165, 1.54) is 19.5 Å². The van der Waals surface area contributed by atoms with Crippen LogP contribution in [0.4, 0.5) is 0 Å². The summed E-state index contributed by atoms with van der Waals surface area (Å²) in [6.45, 7) is 11.5. The van der Waals surface area contributed by atoms with Crippen LogP contribution in [0.2, 0.25) is 5.02 Å². The number of nitrogens with one attached hydrogen (secondary N) is 1. The van der Waals surface area contributed by atoms with E-state index >= 15 is 0 Å². The van der Waals surface area contributed by atoms with E-state index in [0.29, 0.717) is 5.41 Å². The minimum absolute atomic E-state index is 0.461. The molecule has 4 heterocycles. The number of piperazine rings is 1. The van der Waals surface area contributed by atoms with Gasteiger partial charge in [0.05, 0.1) is 10.7 Å². The van der Waals surface area contributed by atoms with Crippen LogP contribution >= 0.6 is 11.6 Å². The zero-order chi connectivity index (χ0) is 16.6. The first-order valence-electron chi connectivity index (χ1n) is 8.88. The van der Waals surface area contributed by atoms with E-state index in [-0.39, 0.29) is 0 Å². The van der Waals surface area contributed by atoms with E-state index < -0.39 is 0 Å². The maximum Gasteiger partial charge on any atom is 0.137 e. The summed E-state index contributed by atoms with van der Waals surface area (Å²) in [7, 11) is 0. The number of hydrogen-bond acceptors (Lipinski definition) is 4. The van der Waals surface area contributed by atoms with E-state index in [9.17, 15) is 0 Å². The van der Waals surface area contributed by atoms with Crippen LogP contribution in [0.5, 0.6) is 0 Å². The first-order chi connectivity index (χ1) is 11.6. The summed E-state index contributed by atoms with van der Waals surface area (Å²) < 4.78 is 2.02. The fourth-order valence-electron chi connectivity index (χ4n) is 3.97. The van der Waals surface area contributed by atoms with Gasteiger partial charge in [-0.3, -0.25) is 4.90 Å². The van der Waals surface area contributed by atoms with Crippen molar-refractivity contribution in [2.75, 3.05) is 45.8 Å². The van der Waals surface area contributed by atoms with Gasteiger partial charge >= 0.3 is 0 Å². The maximum atomic E-state index is 6.05. The molecule has 1 atom stereocenters. The van der Waals surface area contributed by atoms with Gasteiger partial charge in [0.15, 0.2) is 0 Å². The Morgan fingerprint density at radius 3 is 2.71 bits per heavy atom. The minimum atomic E-state index is 0.461. The van der Waals surface area contributed by atoms with Crippen LogP contribution < -0.4 is 5.32 Å². The van der Waals surface area contributed by atoms with Crippen molar-refractivity contribution in [2.45, 2.75) is 19.9 Å². The van der Waals surface area contributed by atoms with Gasteiger partial charge in [-0.25, -0.2) is 4.98 Å². The second-order valence-corrected chi connectivity index (χ2v) is 8.07. The van der Waals surface area contributed by atoms with Crippen molar-refractivity contribution in [1.29, 1.82) is 0 Å². The first-order valence-corrected chi connectivity index (χ1v) is 9.26. The van der Waals surface area contributed by atoms with Gasteiger partial charge in [-0.15, -0.1) is 0 Å². The lowest BCUT2D eigenvalue weighted by molar-refractivity contribution is 0.0927. The van der Waals surface area contributed by atoms with Crippen molar-refractivity contribution < 1.29 is 0 Å². The van der Waals surface area contributed by atoms with Crippen LogP contribution in [0.3, 0.4) is 0 Å². The Kier molecular flexibility index (Phi) is 4.52. The molecule has 130 valence electrons. The van der Waals surface area contributed by atoms with Gasteiger partial charge in [-0.1, -0.05) is 18.5 Å². The molecule has 4 rings (SSSR count). The largest absolute Gasteiger partial charge is 0.316 e. The lowest BCUT2D eigenvalue weighted by atomic mass is 9.89. The summed E-state index contributed by atoms with van der Waals surface area (Å²) in [5.41, 5.74) is 2.55. The third-order valence-electron chi connectivity index (χ3n) is 5.38. The van der Waals surface area contributed by atoms with E-state index in [1.54, 1.807) is 0 Å². The van der Waals surface area contributed by atoms with E-state index in [2.05, 4.69) is 28.2 Å². The molecule has 0 radical (unpaired) electrons. The van der Waals surface area contributed by atoms with Crippen molar-refractivity contribution in [3.63, 3.8) is 0 Å². The number of hydrogen-bond donors (Lipinski definition) is 1. The number of pyridine rings is 1. The predicted octanol–water partition coefficient (Wildman–Crippen LogP) is 2.10. The van der Waals surface area contributed by atoms with Crippen LogP contribution in [-0.4, -0.2) is 65.0 Å². The number of nitrogens with zero attached hydrogens (tertiary/aromatic N) is 4. The Balaban J connectivity index is 1.32. The van der Waals surface area contributed by atoms with Crippen molar-refractivity contribution in [3.8, 4) is 0 Å². The second-order valence-electron chi connectivity index (χ2n) is 7.63. The summed E-state index contributed by atoms with van der Waals surface area (Å²) in [6, 6.07) is 3.87. The quantitative estimate of drug-likeness (QED) is 0.919. The van der Waals surface area contributed by atoms with Crippen LogP contribution in [0.1, 0.15) is 19.0 Å². The monoisotopic (exact) mass is 347 g/mol. The van der Waals surface area contributed by atoms with E-state index in [1.807, 2.05) is 22.7 Å². The Morgan fingerprint density at radius 2 is 1.96 bits per heavy atom. The molecular weight excluding hydrogens is 322 g/mol. The molecule has 0 aromatic carbocycles. The molecule has 0 saturated carbocycles. The maximum absolute atomic E-state index is 6.05. The lowest BCUT2D eigenvalue weighted by Gasteiger charge is -2.38. The molecule has 24 heavy (non-hydrogen) atoms. The summed E-state index contributed by atoms with van der Waals surface area (Å²) in [6.07, 6.45) is 5.32. The molecule has 1 unspecified atom stereocenters. The zero-order valence-corrected chi connectivity index (χ0v) is 15.1. The average Bonchev–Trinajstić information content (AvgIpc) is 3.15. The molecule has 2 aromatic rings. The first kappa shape index (κ1) is 16.3. The molecule has 2 fully saturated rings. The molecule has 6 heteroatoms. The summed E-state index contributed by atoms with van der Waals surface area (Å²) in [4.78, 5) is 9.84. The number of fused-ring (bicyclic) bond motifs is 1. The van der Waals surface area contributed by atoms with Crippen molar-refractivity contribution in [1.82, 2.24) is 24.5 Å². The number of halogens is 1. The molecule has 5 nitrogen and oxygen atoms in total. The topological polar surface area (TPSA) is 35.8 Å². The van der Waals surface area contributed by atoms with Gasteiger partial charge in [-0.2, -0.15) is 0 Å². The van der Waals surface area contributed by atoms with Gasteiger partial charge in [0.2, 0.25) is 0 Å². The van der Waals surface area contributed by atoms with Gasteiger partial charge < -0.3 is 14.6 Å². The van der Waals surface area contributed by atoms with E-state index in [0.717, 1.165) is 55.6 Å². The highest BCUT2D eigenvalue weighted by atomic mass is 35.5. The second kappa shape index (κ2) is 6.64. The third kappa shape index (κ3) is 3.59. The fourth-order valence-corrected chi connectivity index (χ4v) is 4.14. The Hall–Kier alpha value is -1.14. The molecule has 0 aliphatic carbocycles. The third-order valence-corrected chi connectivity index (χ3v) is 5.60. The van der Waals surface area contributed by atoms with Gasteiger partial charge in [-0.05, 0) is 30.5 Å². The van der Waals surface area contributed by atoms with Gasteiger partial charge in [0, 0.05) is 58.2 Å².